The van der Waals surface area contributed by atoms with E-state index in [1.54, 1.807) is 39.2 Å². The van der Waals surface area contributed by atoms with Crippen LogP contribution in [0.1, 0.15) is 11.1 Å². The molecular weight excluding hydrogens is 411 g/mol. The fourth-order valence-electron chi connectivity index (χ4n) is 2.14. The summed E-state index contributed by atoms with van der Waals surface area (Å²) in [6, 6.07) is 9.30. The van der Waals surface area contributed by atoms with Gasteiger partial charge in [-0.25, -0.2) is 13.1 Å². The van der Waals surface area contributed by atoms with E-state index in [1.807, 2.05) is 0 Å². The highest BCUT2D eigenvalue weighted by molar-refractivity contribution is 7.89. The van der Waals surface area contributed by atoms with Gasteiger partial charge in [-0.15, -0.1) is 0 Å². The molecule has 146 valence electrons. The molecule has 6 nitrogen and oxygen atoms in total. The van der Waals surface area contributed by atoms with Crippen LogP contribution in [0.25, 0.3) is 0 Å². The lowest BCUT2D eigenvalue weighted by Gasteiger charge is -2.14. The molecule has 0 atom stereocenters. The Balaban J connectivity index is 2.09. The van der Waals surface area contributed by atoms with E-state index in [2.05, 4.69) is 4.72 Å². The van der Waals surface area contributed by atoms with Gasteiger partial charge in [0, 0.05) is 30.7 Å². The molecule has 2 rings (SSSR count). The molecule has 0 bridgehead atoms. The minimum atomic E-state index is -3.74. The summed E-state index contributed by atoms with van der Waals surface area (Å²) < 4.78 is 33.0. The zero-order valence-electron chi connectivity index (χ0n) is 15.1. The number of carbonyl (C=O) groups is 1. The smallest absolute Gasteiger partial charge is 0.259 e. The number of hydrogen-bond acceptors (Lipinski definition) is 4. The Kier molecular flexibility index (Phi) is 7.11. The lowest BCUT2D eigenvalue weighted by Crippen LogP contribution is -2.27. The van der Waals surface area contributed by atoms with Crippen molar-refractivity contribution in [2.24, 2.45) is 0 Å². The maximum atomic E-state index is 12.5. The van der Waals surface area contributed by atoms with Gasteiger partial charge in [0.2, 0.25) is 10.0 Å². The van der Waals surface area contributed by atoms with E-state index in [-0.39, 0.29) is 24.0 Å². The molecule has 0 spiro atoms. The number of nitrogens with zero attached hydrogens (tertiary/aromatic N) is 1. The summed E-state index contributed by atoms with van der Waals surface area (Å²) in [6.07, 6.45) is 0. The van der Waals surface area contributed by atoms with E-state index in [4.69, 9.17) is 27.9 Å². The number of likely N-dealkylation sites (N-methyl/N-ethyl adjacent to an activating group) is 1. The topological polar surface area (TPSA) is 75.7 Å². The van der Waals surface area contributed by atoms with Crippen LogP contribution in [0.3, 0.4) is 0 Å². The van der Waals surface area contributed by atoms with E-state index < -0.39 is 10.0 Å². The lowest BCUT2D eigenvalue weighted by atomic mass is 10.2. The van der Waals surface area contributed by atoms with Crippen molar-refractivity contribution < 1.29 is 17.9 Å². The van der Waals surface area contributed by atoms with Gasteiger partial charge in [-0.1, -0.05) is 29.3 Å². The standard InChI is InChI=1S/C18H20Cl2N2O4S/c1-12-8-15(6-7-17(12)26-11-18(23)22(2)3)27(24,25)21-10-13-4-5-14(19)9-16(13)20/h4-9,21H,10-11H2,1-3H3. The van der Waals surface area contributed by atoms with Crippen LogP contribution in [0.2, 0.25) is 10.0 Å². The first-order chi connectivity index (χ1) is 12.6. The van der Waals surface area contributed by atoms with Crippen LogP contribution < -0.4 is 9.46 Å². The summed E-state index contributed by atoms with van der Waals surface area (Å²) in [6.45, 7) is 1.63. The average Bonchev–Trinajstić information content (AvgIpc) is 2.59. The van der Waals surface area contributed by atoms with Crippen molar-refractivity contribution in [3.63, 3.8) is 0 Å². The van der Waals surface area contributed by atoms with E-state index >= 15 is 0 Å². The Hall–Kier alpha value is -1.80. The number of carbonyl (C=O) groups excluding carboxylic acids is 1. The van der Waals surface area contributed by atoms with Crippen molar-refractivity contribution in [2.75, 3.05) is 20.7 Å². The molecule has 0 aliphatic carbocycles. The molecule has 0 aliphatic rings. The van der Waals surface area contributed by atoms with Gasteiger partial charge in [-0.3, -0.25) is 4.79 Å². The van der Waals surface area contributed by atoms with Gasteiger partial charge in [-0.05, 0) is 48.4 Å². The van der Waals surface area contributed by atoms with Crippen LogP contribution in [0.15, 0.2) is 41.3 Å². The number of benzene rings is 2. The van der Waals surface area contributed by atoms with Gasteiger partial charge in [0.25, 0.3) is 5.91 Å². The number of ether oxygens (including phenoxy) is 1. The Labute approximate surface area is 169 Å². The predicted octanol–water partition coefficient (Wildman–Crippen LogP) is 3.25. The zero-order valence-corrected chi connectivity index (χ0v) is 17.5. The van der Waals surface area contributed by atoms with Crippen molar-refractivity contribution in [1.29, 1.82) is 0 Å². The Bertz CT molecular complexity index is 946. The minimum absolute atomic E-state index is 0.0347. The van der Waals surface area contributed by atoms with Crippen LogP contribution in [-0.2, 0) is 21.4 Å². The Morgan fingerprint density at radius 3 is 2.44 bits per heavy atom. The number of hydrogen-bond donors (Lipinski definition) is 1. The normalized spacial score (nSPS) is 11.3. The van der Waals surface area contributed by atoms with Crippen LogP contribution >= 0.6 is 23.2 Å². The molecule has 1 amide bonds. The van der Waals surface area contributed by atoms with Gasteiger partial charge in [0.05, 0.1) is 4.90 Å². The number of rotatable bonds is 7. The van der Waals surface area contributed by atoms with Gasteiger partial charge in [-0.2, -0.15) is 0 Å². The summed E-state index contributed by atoms with van der Waals surface area (Å²) in [4.78, 5) is 13.1. The van der Waals surface area contributed by atoms with Crippen LogP contribution in [0.4, 0.5) is 0 Å². The fraction of sp³-hybridized carbons (Fsp3) is 0.278. The number of sulfonamides is 1. The van der Waals surface area contributed by atoms with Crippen LogP contribution in [-0.4, -0.2) is 39.9 Å². The summed E-state index contributed by atoms with van der Waals surface area (Å²) in [7, 11) is -0.478. The van der Waals surface area contributed by atoms with Crippen molar-refractivity contribution in [3.05, 3.63) is 57.6 Å². The highest BCUT2D eigenvalue weighted by Gasteiger charge is 2.16. The molecule has 9 heteroatoms. The highest BCUT2D eigenvalue weighted by atomic mass is 35.5. The highest BCUT2D eigenvalue weighted by Crippen LogP contribution is 2.24. The average molecular weight is 431 g/mol. The third-order valence-electron chi connectivity index (χ3n) is 3.77. The van der Waals surface area contributed by atoms with Gasteiger partial charge < -0.3 is 9.64 Å². The summed E-state index contributed by atoms with van der Waals surface area (Å²) in [5.41, 5.74) is 1.22. The summed E-state index contributed by atoms with van der Waals surface area (Å²) in [5.74, 6) is 0.262. The second kappa shape index (κ2) is 8.93. The van der Waals surface area contributed by atoms with Crippen molar-refractivity contribution in [2.45, 2.75) is 18.4 Å². The van der Waals surface area contributed by atoms with Gasteiger partial charge in [0.1, 0.15) is 5.75 Å². The number of amides is 1. The molecule has 2 aromatic rings. The predicted molar refractivity (Wildman–Crippen MR) is 106 cm³/mol. The first kappa shape index (κ1) is 21.5. The second-order valence-electron chi connectivity index (χ2n) is 6.06. The monoisotopic (exact) mass is 430 g/mol. The van der Waals surface area contributed by atoms with E-state index in [1.165, 1.54) is 23.1 Å². The first-order valence-corrected chi connectivity index (χ1v) is 10.2. The second-order valence-corrected chi connectivity index (χ2v) is 8.68. The minimum Gasteiger partial charge on any atom is -0.483 e. The molecule has 0 unspecified atom stereocenters. The number of aryl methyl sites for hydroxylation is 1. The molecule has 0 fully saturated rings. The van der Waals surface area contributed by atoms with Gasteiger partial charge >= 0.3 is 0 Å². The molecule has 0 aliphatic heterocycles. The molecule has 2 aromatic carbocycles. The molecule has 27 heavy (non-hydrogen) atoms. The molecule has 1 N–H and O–H groups in total. The zero-order chi connectivity index (χ0) is 20.2. The Morgan fingerprint density at radius 2 is 1.85 bits per heavy atom. The SMILES string of the molecule is Cc1cc(S(=O)(=O)NCc2ccc(Cl)cc2Cl)ccc1OCC(=O)N(C)C. The quantitative estimate of drug-likeness (QED) is 0.731. The first-order valence-electron chi connectivity index (χ1n) is 7.97. The Morgan fingerprint density at radius 1 is 1.15 bits per heavy atom. The molecule has 0 radical (unpaired) electrons. The van der Waals surface area contributed by atoms with E-state index in [0.717, 1.165) is 0 Å². The maximum Gasteiger partial charge on any atom is 0.259 e. The fourth-order valence-corrected chi connectivity index (χ4v) is 3.71. The lowest BCUT2D eigenvalue weighted by molar-refractivity contribution is -0.130. The van der Waals surface area contributed by atoms with Crippen molar-refractivity contribution in [3.8, 4) is 5.75 Å². The van der Waals surface area contributed by atoms with Gasteiger partial charge in [0.15, 0.2) is 6.61 Å². The molecular formula is C18H20Cl2N2O4S. The van der Waals surface area contributed by atoms with Crippen molar-refractivity contribution in [1.82, 2.24) is 9.62 Å². The molecule has 0 heterocycles. The van der Waals surface area contributed by atoms with Crippen molar-refractivity contribution >= 4 is 39.1 Å². The third-order valence-corrected chi connectivity index (χ3v) is 5.76. The summed E-state index contributed by atoms with van der Waals surface area (Å²) in [5, 5.41) is 0.862. The summed E-state index contributed by atoms with van der Waals surface area (Å²) >= 11 is 11.9. The van der Waals surface area contributed by atoms with Crippen LogP contribution in [0, 0.1) is 6.92 Å². The molecule has 0 saturated heterocycles. The molecule has 0 aromatic heterocycles. The molecule has 0 saturated carbocycles. The third kappa shape index (κ3) is 5.84. The number of nitrogens with one attached hydrogen (secondary N) is 1. The van der Waals surface area contributed by atoms with E-state index in [0.29, 0.717) is 26.9 Å². The van der Waals surface area contributed by atoms with Crippen LogP contribution in [0.5, 0.6) is 5.75 Å². The van der Waals surface area contributed by atoms with E-state index in [9.17, 15) is 13.2 Å². The number of halogens is 2. The largest absolute Gasteiger partial charge is 0.483 e. The maximum absolute atomic E-state index is 12.5.